The van der Waals surface area contributed by atoms with Crippen LogP contribution in [0.25, 0.3) is 21.8 Å². The van der Waals surface area contributed by atoms with Gasteiger partial charge in [0.05, 0.1) is 22.7 Å². The Hall–Kier alpha value is -2.47. The van der Waals surface area contributed by atoms with Gasteiger partial charge in [-0.15, -0.1) is 11.3 Å². The summed E-state index contributed by atoms with van der Waals surface area (Å²) in [4.78, 5) is 21.9. The van der Waals surface area contributed by atoms with Crippen LogP contribution in [-0.2, 0) is 17.7 Å². The maximum absolute atomic E-state index is 11.9. The van der Waals surface area contributed by atoms with Gasteiger partial charge in [0.25, 0.3) is 0 Å². The lowest BCUT2D eigenvalue weighted by Crippen LogP contribution is -2.02. The molecular weight excluding hydrogens is 322 g/mol. The number of carbonyl (C=O) groups excluding carboxylic acids is 1. The summed E-state index contributed by atoms with van der Waals surface area (Å²) in [6, 6.07) is 5.89. The zero-order valence-corrected chi connectivity index (χ0v) is 14.2. The number of hydrogen-bond acceptors (Lipinski definition) is 5. The fraction of sp³-hybridized carbons (Fsp3) is 0.278. The topological polar surface area (TPSA) is 57.0 Å². The molecule has 0 saturated carbocycles. The van der Waals surface area contributed by atoms with Crippen LogP contribution in [0, 0.1) is 0 Å². The van der Waals surface area contributed by atoms with Gasteiger partial charge in [-0.05, 0) is 31.5 Å². The van der Waals surface area contributed by atoms with Crippen LogP contribution in [0.1, 0.15) is 29.5 Å². The molecule has 0 saturated heterocycles. The Morgan fingerprint density at radius 2 is 2.21 bits per heavy atom. The minimum Gasteiger partial charge on any atom is -0.462 e. The van der Waals surface area contributed by atoms with E-state index in [9.17, 15) is 4.79 Å². The first-order chi connectivity index (χ1) is 11.8. The first-order valence-corrected chi connectivity index (χ1v) is 8.91. The van der Waals surface area contributed by atoms with Gasteiger partial charge in [0, 0.05) is 36.3 Å². The lowest BCUT2D eigenvalue weighted by Gasteiger charge is -2.07. The number of hydrogen-bond donors (Lipinski definition) is 0. The number of aryl methyl sites for hydroxylation is 1. The first kappa shape index (κ1) is 15.1. The van der Waals surface area contributed by atoms with Gasteiger partial charge in [-0.1, -0.05) is 0 Å². The molecule has 3 aromatic rings. The van der Waals surface area contributed by atoms with Crippen molar-refractivity contribution in [1.29, 1.82) is 0 Å². The Kier molecular flexibility index (Phi) is 3.90. The van der Waals surface area contributed by atoms with E-state index in [4.69, 9.17) is 9.72 Å². The molecule has 122 valence electrons. The summed E-state index contributed by atoms with van der Waals surface area (Å²) in [7, 11) is 0. The van der Waals surface area contributed by atoms with Crippen LogP contribution >= 0.6 is 11.3 Å². The molecule has 0 N–H and O–H groups in total. The van der Waals surface area contributed by atoms with E-state index >= 15 is 0 Å². The normalized spacial score (nSPS) is 13.0. The summed E-state index contributed by atoms with van der Waals surface area (Å²) < 4.78 is 7.37. The number of carbonyl (C=O) groups is 1. The molecule has 4 heterocycles. The number of rotatable bonds is 4. The van der Waals surface area contributed by atoms with Crippen molar-refractivity contribution in [3.63, 3.8) is 0 Å². The molecule has 0 aromatic carbocycles. The quantitative estimate of drug-likeness (QED) is 0.679. The molecule has 24 heavy (non-hydrogen) atoms. The molecular formula is C18H17N3O2S. The molecule has 3 aromatic heterocycles. The van der Waals surface area contributed by atoms with Crippen molar-refractivity contribution in [3.8, 4) is 21.8 Å². The second-order valence-electron chi connectivity index (χ2n) is 5.64. The molecule has 5 nitrogen and oxygen atoms in total. The fourth-order valence-corrected chi connectivity index (χ4v) is 3.95. The molecule has 0 bridgehead atoms. The SMILES string of the molecule is CCOC(=O)c1csc(-c2nc3n(c2-c2ccncc2)CCC3)c1. The molecule has 4 rings (SSSR count). The third-order valence-corrected chi connectivity index (χ3v) is 5.06. The molecule has 0 atom stereocenters. The standard InChI is InChI=1S/C18H17N3O2S/c1-2-23-18(22)13-10-14(24-11-13)16-17(12-5-7-19-8-6-12)21-9-3-4-15(21)20-16/h5-8,10-11H,2-4,9H2,1H3. The van der Waals surface area contributed by atoms with Gasteiger partial charge in [0.15, 0.2) is 0 Å². The lowest BCUT2D eigenvalue weighted by molar-refractivity contribution is 0.0527. The van der Waals surface area contributed by atoms with Crippen molar-refractivity contribution in [1.82, 2.24) is 14.5 Å². The highest BCUT2D eigenvalue weighted by Gasteiger charge is 2.24. The molecule has 0 fully saturated rings. The number of esters is 1. The average molecular weight is 339 g/mol. The van der Waals surface area contributed by atoms with Gasteiger partial charge in [-0.3, -0.25) is 4.98 Å². The Morgan fingerprint density at radius 3 is 3.00 bits per heavy atom. The molecule has 0 amide bonds. The Balaban J connectivity index is 1.81. The number of thiophene rings is 1. The fourth-order valence-electron chi connectivity index (χ4n) is 3.08. The zero-order valence-electron chi connectivity index (χ0n) is 13.4. The van der Waals surface area contributed by atoms with E-state index in [0.717, 1.165) is 47.0 Å². The highest BCUT2D eigenvalue weighted by Crippen LogP contribution is 2.38. The van der Waals surface area contributed by atoms with Crippen molar-refractivity contribution in [2.45, 2.75) is 26.3 Å². The predicted molar refractivity (Wildman–Crippen MR) is 93.0 cm³/mol. The Morgan fingerprint density at radius 1 is 1.38 bits per heavy atom. The molecule has 1 aliphatic heterocycles. The van der Waals surface area contributed by atoms with Crippen LogP contribution in [0.4, 0.5) is 0 Å². The van der Waals surface area contributed by atoms with Crippen LogP contribution in [0.5, 0.6) is 0 Å². The van der Waals surface area contributed by atoms with E-state index in [1.807, 2.05) is 30.5 Å². The lowest BCUT2D eigenvalue weighted by atomic mass is 10.1. The van der Waals surface area contributed by atoms with Crippen LogP contribution in [0.15, 0.2) is 36.0 Å². The molecule has 0 spiro atoms. The van der Waals surface area contributed by atoms with Gasteiger partial charge in [-0.2, -0.15) is 0 Å². The maximum Gasteiger partial charge on any atom is 0.338 e. The van der Waals surface area contributed by atoms with Crippen molar-refractivity contribution >= 4 is 17.3 Å². The highest BCUT2D eigenvalue weighted by atomic mass is 32.1. The highest BCUT2D eigenvalue weighted by molar-refractivity contribution is 7.13. The number of pyridine rings is 1. The van der Waals surface area contributed by atoms with Crippen LogP contribution < -0.4 is 0 Å². The van der Waals surface area contributed by atoms with Crippen LogP contribution in [0.2, 0.25) is 0 Å². The van der Waals surface area contributed by atoms with E-state index in [0.29, 0.717) is 12.2 Å². The number of nitrogens with zero attached hydrogens (tertiary/aromatic N) is 3. The van der Waals surface area contributed by atoms with Gasteiger partial charge in [0.2, 0.25) is 0 Å². The van der Waals surface area contributed by atoms with Gasteiger partial charge >= 0.3 is 5.97 Å². The van der Waals surface area contributed by atoms with Crippen LogP contribution in [0.3, 0.4) is 0 Å². The molecule has 0 unspecified atom stereocenters. The maximum atomic E-state index is 11.9. The zero-order chi connectivity index (χ0) is 16.5. The van der Waals surface area contributed by atoms with E-state index in [-0.39, 0.29) is 5.97 Å². The third-order valence-electron chi connectivity index (χ3n) is 4.13. The largest absolute Gasteiger partial charge is 0.462 e. The van der Waals surface area contributed by atoms with Crippen molar-refractivity contribution in [2.24, 2.45) is 0 Å². The number of ether oxygens (including phenoxy) is 1. The van der Waals surface area contributed by atoms with Gasteiger partial charge in [0.1, 0.15) is 11.5 Å². The van der Waals surface area contributed by atoms with E-state index in [1.54, 1.807) is 12.4 Å². The average Bonchev–Trinajstić information content (AvgIpc) is 3.30. The summed E-state index contributed by atoms with van der Waals surface area (Å²) in [6.07, 6.45) is 5.71. The second-order valence-corrected chi connectivity index (χ2v) is 6.55. The molecule has 1 aliphatic rings. The van der Waals surface area contributed by atoms with Crippen molar-refractivity contribution in [2.75, 3.05) is 6.61 Å². The Labute approximate surface area is 144 Å². The first-order valence-electron chi connectivity index (χ1n) is 8.03. The third kappa shape index (κ3) is 2.53. The minimum absolute atomic E-state index is 0.280. The van der Waals surface area contributed by atoms with Crippen LogP contribution in [-0.4, -0.2) is 27.1 Å². The van der Waals surface area contributed by atoms with E-state index < -0.39 is 0 Å². The smallest absolute Gasteiger partial charge is 0.338 e. The van der Waals surface area contributed by atoms with Gasteiger partial charge in [-0.25, -0.2) is 9.78 Å². The summed E-state index contributed by atoms with van der Waals surface area (Å²) in [6.45, 7) is 3.17. The summed E-state index contributed by atoms with van der Waals surface area (Å²) >= 11 is 1.53. The minimum atomic E-state index is -0.280. The molecule has 0 aliphatic carbocycles. The summed E-state index contributed by atoms with van der Waals surface area (Å²) in [5.74, 6) is 0.833. The van der Waals surface area contributed by atoms with E-state index in [1.165, 1.54) is 11.3 Å². The Bertz CT molecular complexity index is 883. The number of imidazole rings is 1. The van der Waals surface area contributed by atoms with Crippen molar-refractivity contribution in [3.05, 3.63) is 47.4 Å². The molecule has 6 heteroatoms. The summed E-state index contributed by atoms with van der Waals surface area (Å²) in [5.41, 5.74) is 3.75. The summed E-state index contributed by atoms with van der Waals surface area (Å²) in [5, 5.41) is 1.84. The predicted octanol–water partition coefficient (Wildman–Crippen LogP) is 3.80. The van der Waals surface area contributed by atoms with Crippen molar-refractivity contribution < 1.29 is 9.53 Å². The number of fused-ring (bicyclic) bond motifs is 1. The molecule has 0 radical (unpaired) electrons. The van der Waals surface area contributed by atoms with E-state index in [2.05, 4.69) is 9.55 Å². The second kappa shape index (κ2) is 6.20. The van der Waals surface area contributed by atoms with Gasteiger partial charge < -0.3 is 9.30 Å². The number of aromatic nitrogens is 3. The monoisotopic (exact) mass is 339 g/mol.